The predicted molar refractivity (Wildman–Crippen MR) is 76.4 cm³/mol. The van der Waals surface area contributed by atoms with E-state index in [0.717, 1.165) is 18.7 Å². The lowest BCUT2D eigenvalue weighted by molar-refractivity contribution is 0.242. The molecule has 0 aliphatic carbocycles. The maximum atomic E-state index is 5.67. The molecular formula is C13H20ClN3O. The molecule has 0 fully saturated rings. The van der Waals surface area contributed by atoms with E-state index in [9.17, 15) is 0 Å². The lowest BCUT2D eigenvalue weighted by Crippen LogP contribution is -2.38. The number of halogens is 1. The number of benzene rings is 1. The van der Waals surface area contributed by atoms with Gasteiger partial charge in [-0.2, -0.15) is 0 Å². The van der Waals surface area contributed by atoms with Crippen LogP contribution in [0.3, 0.4) is 0 Å². The third kappa shape index (κ3) is 3.81. The van der Waals surface area contributed by atoms with Crippen molar-refractivity contribution in [3.8, 4) is 5.75 Å². The van der Waals surface area contributed by atoms with Gasteiger partial charge in [0, 0.05) is 6.54 Å². The topological polar surface area (TPSA) is 59.6 Å². The van der Waals surface area contributed by atoms with Crippen molar-refractivity contribution in [2.24, 2.45) is 10.7 Å². The fourth-order valence-corrected chi connectivity index (χ4v) is 1.91. The largest absolute Gasteiger partial charge is 0.491 e. The molecule has 0 amide bonds. The lowest BCUT2D eigenvalue weighted by Gasteiger charge is -2.23. The molecule has 0 saturated heterocycles. The van der Waals surface area contributed by atoms with E-state index in [1.807, 2.05) is 26.0 Å². The number of ether oxygens (including phenoxy) is 1. The van der Waals surface area contributed by atoms with Gasteiger partial charge in [-0.3, -0.25) is 4.99 Å². The predicted octanol–water partition coefficient (Wildman–Crippen LogP) is 2.24. The van der Waals surface area contributed by atoms with Gasteiger partial charge >= 0.3 is 0 Å². The minimum absolute atomic E-state index is 0. The monoisotopic (exact) mass is 269 g/mol. The maximum absolute atomic E-state index is 5.67. The van der Waals surface area contributed by atoms with Crippen molar-refractivity contribution in [1.29, 1.82) is 0 Å². The van der Waals surface area contributed by atoms with Crippen LogP contribution in [0, 0.1) is 0 Å². The van der Waals surface area contributed by atoms with Crippen LogP contribution in [0.1, 0.15) is 31.9 Å². The molecule has 1 heterocycles. The van der Waals surface area contributed by atoms with E-state index >= 15 is 0 Å². The van der Waals surface area contributed by atoms with Crippen LogP contribution in [0.15, 0.2) is 29.3 Å². The minimum atomic E-state index is 0. The second kappa shape index (κ2) is 6.50. The van der Waals surface area contributed by atoms with Gasteiger partial charge in [0.1, 0.15) is 5.75 Å². The molecule has 0 aromatic heterocycles. The summed E-state index contributed by atoms with van der Waals surface area (Å²) < 4.78 is 5.61. The van der Waals surface area contributed by atoms with Gasteiger partial charge in [0.05, 0.1) is 12.1 Å². The molecule has 1 unspecified atom stereocenters. The van der Waals surface area contributed by atoms with Crippen molar-refractivity contribution < 1.29 is 4.74 Å². The van der Waals surface area contributed by atoms with Crippen molar-refractivity contribution in [2.75, 3.05) is 6.54 Å². The zero-order valence-corrected chi connectivity index (χ0v) is 11.5. The third-order valence-electron chi connectivity index (χ3n) is 2.68. The molecule has 1 aliphatic heterocycles. The molecule has 0 bridgehead atoms. The quantitative estimate of drug-likeness (QED) is 0.885. The van der Waals surface area contributed by atoms with Gasteiger partial charge in [0.25, 0.3) is 0 Å². The average molecular weight is 270 g/mol. The zero-order valence-electron chi connectivity index (χ0n) is 10.7. The summed E-state index contributed by atoms with van der Waals surface area (Å²) in [5, 5.41) is 3.18. The molecule has 1 aromatic rings. The van der Waals surface area contributed by atoms with Crippen molar-refractivity contribution in [1.82, 2.24) is 5.32 Å². The number of guanidine groups is 1. The Labute approximate surface area is 114 Å². The number of nitrogens with two attached hydrogens (primary N) is 1. The fraction of sp³-hybridized carbons (Fsp3) is 0.462. The highest BCUT2D eigenvalue weighted by atomic mass is 35.5. The lowest BCUT2D eigenvalue weighted by atomic mass is 10.0. The van der Waals surface area contributed by atoms with E-state index < -0.39 is 0 Å². The first-order valence-electron chi connectivity index (χ1n) is 5.98. The van der Waals surface area contributed by atoms with E-state index in [1.165, 1.54) is 5.56 Å². The molecule has 0 spiro atoms. The molecule has 0 radical (unpaired) electrons. The van der Waals surface area contributed by atoms with Gasteiger partial charge in [-0.15, -0.1) is 12.4 Å². The summed E-state index contributed by atoms with van der Waals surface area (Å²) in [5.74, 6) is 1.44. The van der Waals surface area contributed by atoms with Gasteiger partial charge in [0.15, 0.2) is 5.96 Å². The second-order valence-corrected chi connectivity index (χ2v) is 4.49. The summed E-state index contributed by atoms with van der Waals surface area (Å²) in [4.78, 5) is 4.12. The Morgan fingerprint density at radius 2 is 2.00 bits per heavy atom. The van der Waals surface area contributed by atoms with E-state index in [0.29, 0.717) is 5.96 Å². The normalized spacial score (nSPS) is 18.6. The molecule has 0 saturated carbocycles. The zero-order chi connectivity index (χ0) is 12.3. The van der Waals surface area contributed by atoms with E-state index in [2.05, 4.69) is 22.4 Å². The van der Waals surface area contributed by atoms with Gasteiger partial charge in [-0.05, 0) is 38.0 Å². The number of nitrogens with zero attached hydrogens (tertiary/aromatic N) is 1. The van der Waals surface area contributed by atoms with Crippen molar-refractivity contribution >= 4 is 18.4 Å². The Bertz CT molecular complexity index is 403. The van der Waals surface area contributed by atoms with Crippen molar-refractivity contribution in [2.45, 2.75) is 32.4 Å². The first-order chi connectivity index (χ1) is 8.15. The maximum Gasteiger partial charge on any atom is 0.189 e. The summed E-state index contributed by atoms with van der Waals surface area (Å²) in [7, 11) is 0. The Balaban J connectivity index is 0.00000162. The highest BCUT2D eigenvalue weighted by molar-refractivity contribution is 5.85. The standard InChI is InChI=1S/C13H19N3O.ClH/c1-9(2)17-11-5-3-10(4-6-11)12-7-8-15-13(14)16-12;/h3-6,9,12H,7-8H2,1-2H3,(H3,14,15,16);1H. The third-order valence-corrected chi connectivity index (χ3v) is 2.68. The molecular weight excluding hydrogens is 250 g/mol. The van der Waals surface area contributed by atoms with Crippen molar-refractivity contribution in [3.05, 3.63) is 29.8 Å². The fourth-order valence-electron chi connectivity index (χ4n) is 1.91. The second-order valence-electron chi connectivity index (χ2n) is 4.49. The van der Waals surface area contributed by atoms with Gasteiger partial charge < -0.3 is 15.8 Å². The van der Waals surface area contributed by atoms with Crippen LogP contribution in [0.2, 0.25) is 0 Å². The summed E-state index contributed by atoms with van der Waals surface area (Å²) in [6.07, 6.45) is 1.18. The molecule has 18 heavy (non-hydrogen) atoms. The van der Waals surface area contributed by atoms with E-state index in [1.54, 1.807) is 0 Å². The molecule has 1 atom stereocenters. The van der Waals surface area contributed by atoms with Crippen LogP contribution in [0.25, 0.3) is 0 Å². The molecule has 3 N–H and O–H groups in total. The van der Waals surface area contributed by atoms with E-state index in [-0.39, 0.29) is 24.6 Å². The van der Waals surface area contributed by atoms with Crippen LogP contribution in [-0.4, -0.2) is 18.6 Å². The van der Waals surface area contributed by atoms with Crippen molar-refractivity contribution in [3.63, 3.8) is 0 Å². The summed E-state index contributed by atoms with van der Waals surface area (Å²) in [5.41, 5.74) is 6.89. The Kier molecular flexibility index (Phi) is 5.28. The molecule has 100 valence electrons. The van der Waals surface area contributed by atoms with Crippen LogP contribution in [-0.2, 0) is 0 Å². The summed E-state index contributed by atoms with van der Waals surface area (Å²) >= 11 is 0. The highest BCUT2D eigenvalue weighted by Crippen LogP contribution is 2.22. The SMILES string of the molecule is CC(C)Oc1ccc(C2CCN=C(N)N2)cc1.Cl. The average Bonchev–Trinajstić information content (AvgIpc) is 2.29. The van der Waals surface area contributed by atoms with Crippen LogP contribution in [0.5, 0.6) is 5.75 Å². The Hall–Kier alpha value is -1.42. The smallest absolute Gasteiger partial charge is 0.189 e. The van der Waals surface area contributed by atoms with Gasteiger partial charge in [-0.1, -0.05) is 12.1 Å². The number of nitrogens with one attached hydrogen (secondary N) is 1. The van der Waals surface area contributed by atoms with Crippen LogP contribution in [0.4, 0.5) is 0 Å². The van der Waals surface area contributed by atoms with Crippen LogP contribution >= 0.6 is 12.4 Å². The minimum Gasteiger partial charge on any atom is -0.491 e. The summed E-state index contributed by atoms with van der Waals surface area (Å²) in [6.45, 7) is 4.83. The Morgan fingerprint density at radius 3 is 2.56 bits per heavy atom. The molecule has 4 nitrogen and oxygen atoms in total. The first-order valence-corrected chi connectivity index (χ1v) is 5.98. The summed E-state index contributed by atoms with van der Waals surface area (Å²) in [6, 6.07) is 8.42. The first kappa shape index (κ1) is 14.6. The molecule has 1 aliphatic rings. The Morgan fingerprint density at radius 1 is 1.33 bits per heavy atom. The number of rotatable bonds is 3. The van der Waals surface area contributed by atoms with Crippen LogP contribution < -0.4 is 15.8 Å². The molecule has 1 aromatic carbocycles. The molecule has 5 heteroatoms. The van der Waals surface area contributed by atoms with E-state index in [4.69, 9.17) is 10.5 Å². The number of hydrogen-bond acceptors (Lipinski definition) is 4. The number of aliphatic imine (C=N–C) groups is 1. The van der Waals surface area contributed by atoms with Gasteiger partial charge in [-0.25, -0.2) is 0 Å². The highest BCUT2D eigenvalue weighted by Gasteiger charge is 2.15. The molecule has 2 rings (SSSR count). The van der Waals surface area contributed by atoms with Gasteiger partial charge in [0.2, 0.25) is 0 Å². The number of hydrogen-bond donors (Lipinski definition) is 2.